The summed E-state index contributed by atoms with van der Waals surface area (Å²) in [4.78, 5) is 26.6. The van der Waals surface area contributed by atoms with E-state index in [1.54, 1.807) is 6.08 Å². The second kappa shape index (κ2) is 59.0. The van der Waals surface area contributed by atoms with Crippen LogP contribution >= 0.6 is 0 Å². The molecule has 1 amide bonds. The number of hydrogen-bond donors (Lipinski definition) is 6. The van der Waals surface area contributed by atoms with Crippen molar-refractivity contribution in [1.82, 2.24) is 5.32 Å². The number of esters is 1. The van der Waals surface area contributed by atoms with Crippen LogP contribution in [0.5, 0.6) is 0 Å². The number of aliphatic hydroxyl groups excluding tert-OH is 5. The zero-order chi connectivity index (χ0) is 59.6. The van der Waals surface area contributed by atoms with Gasteiger partial charge in [-0.3, -0.25) is 9.59 Å². The number of hydrogen-bond acceptors (Lipinski definition) is 10. The van der Waals surface area contributed by atoms with E-state index in [-0.39, 0.29) is 13.0 Å². The van der Waals surface area contributed by atoms with Crippen LogP contribution in [-0.4, -0.2) is 99.6 Å². The molecule has 0 bridgehead atoms. The maximum Gasteiger partial charge on any atom is 0.306 e. The molecule has 11 heteroatoms. The quantitative estimate of drug-likeness (QED) is 0.0195. The van der Waals surface area contributed by atoms with E-state index >= 15 is 0 Å². The van der Waals surface area contributed by atoms with Gasteiger partial charge in [0.05, 0.1) is 25.4 Å². The van der Waals surface area contributed by atoms with Crippen LogP contribution < -0.4 is 5.32 Å². The van der Waals surface area contributed by atoms with E-state index in [9.17, 15) is 35.1 Å². The van der Waals surface area contributed by atoms with Gasteiger partial charge in [-0.25, -0.2) is 0 Å². The number of aliphatic hydroxyl groups is 5. The van der Waals surface area contributed by atoms with Crippen LogP contribution in [0.3, 0.4) is 0 Å². The summed E-state index contributed by atoms with van der Waals surface area (Å²) in [6.45, 7) is 5.80. The van der Waals surface area contributed by atoms with Crippen molar-refractivity contribution in [3.8, 4) is 0 Å². The molecule has 1 aliphatic heterocycles. The molecule has 0 aliphatic carbocycles. The third-order valence-corrected chi connectivity index (χ3v) is 16.5. The maximum atomic E-state index is 13.4. The van der Waals surface area contributed by atoms with Crippen molar-refractivity contribution in [2.45, 2.75) is 378 Å². The first-order valence-electron chi connectivity index (χ1n) is 34.9. The molecular weight excluding hydrogens is 1030 g/mol. The second-order valence-electron chi connectivity index (χ2n) is 24.3. The number of amides is 1. The van der Waals surface area contributed by atoms with Crippen LogP contribution in [0.25, 0.3) is 0 Å². The van der Waals surface area contributed by atoms with Gasteiger partial charge in [-0.05, 0) is 64.2 Å². The van der Waals surface area contributed by atoms with Gasteiger partial charge in [-0.2, -0.15) is 0 Å². The van der Waals surface area contributed by atoms with Gasteiger partial charge in [-0.1, -0.05) is 307 Å². The average Bonchev–Trinajstić information content (AvgIpc) is 3.57. The predicted molar refractivity (Wildman–Crippen MR) is 343 cm³/mol. The van der Waals surface area contributed by atoms with E-state index in [0.717, 1.165) is 70.6 Å². The van der Waals surface area contributed by atoms with E-state index in [4.69, 9.17) is 14.2 Å². The van der Waals surface area contributed by atoms with E-state index in [2.05, 4.69) is 62.5 Å². The first-order valence-corrected chi connectivity index (χ1v) is 34.9. The lowest BCUT2D eigenvalue weighted by molar-refractivity contribution is -0.305. The van der Waals surface area contributed by atoms with E-state index in [1.807, 2.05) is 6.08 Å². The van der Waals surface area contributed by atoms with Gasteiger partial charge in [0.2, 0.25) is 5.91 Å². The minimum atomic E-state index is -1.61. The molecule has 1 saturated heterocycles. The topological polar surface area (TPSA) is 175 Å². The number of ether oxygens (including phenoxy) is 3. The van der Waals surface area contributed by atoms with E-state index < -0.39 is 67.4 Å². The highest BCUT2D eigenvalue weighted by Crippen LogP contribution is 2.26. The Bertz CT molecular complexity index is 1520. The van der Waals surface area contributed by atoms with Crippen LogP contribution in [0.4, 0.5) is 0 Å². The normalized spacial score (nSPS) is 18.9. The van der Waals surface area contributed by atoms with Crippen molar-refractivity contribution in [3.63, 3.8) is 0 Å². The first kappa shape index (κ1) is 77.6. The summed E-state index contributed by atoms with van der Waals surface area (Å²) in [5.74, 6) is -1.18. The molecule has 0 radical (unpaired) electrons. The molecule has 0 saturated carbocycles. The summed E-state index contributed by atoms with van der Waals surface area (Å²) in [7, 11) is 0. The lowest BCUT2D eigenvalue weighted by Gasteiger charge is -2.41. The summed E-state index contributed by atoms with van der Waals surface area (Å²) in [6, 6.07) is -1.02. The molecule has 11 nitrogen and oxygen atoms in total. The molecule has 8 atom stereocenters. The van der Waals surface area contributed by atoms with Crippen LogP contribution in [0, 0.1) is 0 Å². The average molecular weight is 1160 g/mol. The lowest BCUT2D eigenvalue weighted by Crippen LogP contribution is -2.61. The van der Waals surface area contributed by atoms with Crippen molar-refractivity contribution in [2.75, 3.05) is 13.2 Å². The highest BCUT2D eigenvalue weighted by atomic mass is 16.7. The molecule has 0 aromatic heterocycles. The predicted octanol–water partition coefficient (Wildman–Crippen LogP) is 17.6. The van der Waals surface area contributed by atoms with Gasteiger partial charge in [0.25, 0.3) is 0 Å². The first-order chi connectivity index (χ1) is 40.2. The van der Waals surface area contributed by atoms with Crippen LogP contribution in [-0.2, 0) is 23.8 Å². The zero-order valence-electron chi connectivity index (χ0n) is 53.4. The van der Waals surface area contributed by atoms with Crippen molar-refractivity contribution in [2.24, 2.45) is 0 Å². The van der Waals surface area contributed by atoms with E-state index in [1.165, 1.54) is 212 Å². The Kier molecular flexibility index (Phi) is 55.8. The number of rotatable bonds is 60. The lowest BCUT2D eigenvalue weighted by atomic mass is 9.99. The van der Waals surface area contributed by atoms with Gasteiger partial charge in [-0.15, -0.1) is 0 Å². The van der Waals surface area contributed by atoms with Crippen molar-refractivity contribution in [3.05, 3.63) is 48.6 Å². The number of unbranched alkanes of at least 4 members (excludes halogenated alkanes) is 40. The summed E-state index contributed by atoms with van der Waals surface area (Å²) >= 11 is 0. The molecule has 8 unspecified atom stereocenters. The molecule has 1 aliphatic rings. The largest absolute Gasteiger partial charge is 0.454 e. The number of allylic oxidation sites excluding steroid dienone is 7. The summed E-state index contributed by atoms with van der Waals surface area (Å²) < 4.78 is 17.7. The molecule has 0 spiro atoms. The zero-order valence-corrected chi connectivity index (χ0v) is 53.4. The highest BCUT2D eigenvalue weighted by molar-refractivity contribution is 5.80. The Morgan fingerprint density at radius 3 is 1.28 bits per heavy atom. The van der Waals surface area contributed by atoms with Crippen LogP contribution in [0.1, 0.15) is 329 Å². The molecule has 0 aromatic rings. The fourth-order valence-corrected chi connectivity index (χ4v) is 11.0. The fraction of sp³-hybridized carbons (Fsp3) is 0.859. The van der Waals surface area contributed by atoms with E-state index in [0.29, 0.717) is 19.3 Å². The molecular formula is C71H131NO10. The maximum absolute atomic E-state index is 13.4. The highest BCUT2D eigenvalue weighted by Gasteiger charge is 2.47. The third-order valence-electron chi connectivity index (χ3n) is 16.5. The van der Waals surface area contributed by atoms with Crippen molar-refractivity contribution in [1.29, 1.82) is 0 Å². The molecule has 1 fully saturated rings. The molecule has 1 rings (SSSR count). The van der Waals surface area contributed by atoms with Crippen LogP contribution in [0.15, 0.2) is 48.6 Å². The Labute approximate surface area is 504 Å². The summed E-state index contributed by atoms with van der Waals surface area (Å²) in [5, 5.41) is 57.1. The molecule has 1 heterocycles. The van der Waals surface area contributed by atoms with Crippen molar-refractivity contribution < 1.29 is 49.3 Å². The number of carbonyl (C=O) groups excluding carboxylic acids is 2. The monoisotopic (exact) mass is 1160 g/mol. The Hall–Kier alpha value is -2.38. The van der Waals surface area contributed by atoms with Gasteiger partial charge in [0.15, 0.2) is 12.4 Å². The standard InChI is InChI=1S/C71H131NO10/c1-4-7-10-13-16-19-22-25-26-27-28-29-30-31-32-33-34-35-36-37-38-41-44-47-50-53-56-59-66(76)82-69-68(78)67(77)65(60-73)81-71(69)80-61-62(63(74)57-54-51-48-45-42-39-23-20-17-14-11-8-5-2)72-70(79)64(75)58-55-52-49-46-43-40-24-21-18-15-12-9-6-3/h16,19,25-26,28-29,54,57,62-65,67-69,71,73-75,77-78H,4-15,17-18,20-24,27,30-53,55-56,58-61H2,1-3H3,(H,72,79)/b19-16-,26-25-,29-28-,57-54+. The van der Waals surface area contributed by atoms with Gasteiger partial charge in [0.1, 0.15) is 24.4 Å². The van der Waals surface area contributed by atoms with Gasteiger partial charge < -0.3 is 45.1 Å². The fourth-order valence-electron chi connectivity index (χ4n) is 11.0. The van der Waals surface area contributed by atoms with Gasteiger partial charge in [0, 0.05) is 6.42 Å². The summed E-state index contributed by atoms with van der Waals surface area (Å²) in [5.41, 5.74) is 0. The number of nitrogens with one attached hydrogen (secondary N) is 1. The molecule has 82 heavy (non-hydrogen) atoms. The SMILES string of the molecule is CCCCC/C=C\C/C=C\C/C=C\CCCCCCCCCCCCCCCCC(=O)OC1C(OCC(NC(=O)C(O)CCCCCCCCCCCCCCC)C(O)/C=C/CCCCCCCCCCCCC)OC(CO)C(O)C1O. The van der Waals surface area contributed by atoms with Gasteiger partial charge >= 0.3 is 5.97 Å². The number of carbonyl (C=O) groups is 2. The Morgan fingerprint density at radius 1 is 0.476 bits per heavy atom. The summed E-state index contributed by atoms with van der Waals surface area (Å²) in [6.07, 6.45) is 63.0. The molecule has 0 aromatic carbocycles. The van der Waals surface area contributed by atoms with Crippen molar-refractivity contribution >= 4 is 11.9 Å². The van der Waals surface area contributed by atoms with Crippen LogP contribution in [0.2, 0.25) is 0 Å². The molecule has 480 valence electrons. The minimum Gasteiger partial charge on any atom is -0.454 e. The smallest absolute Gasteiger partial charge is 0.306 e. The second-order valence-corrected chi connectivity index (χ2v) is 24.3. The molecule has 6 N–H and O–H groups in total. The Morgan fingerprint density at radius 2 is 0.841 bits per heavy atom. The Balaban J connectivity index is 2.54. The third kappa shape index (κ3) is 45.9. The minimum absolute atomic E-state index is 0.125.